The molecule has 0 radical (unpaired) electrons. The van der Waals surface area contributed by atoms with Crippen molar-refractivity contribution in [3.8, 4) is 0 Å². The first-order valence-electron chi connectivity index (χ1n) is 5.45. The van der Waals surface area contributed by atoms with Gasteiger partial charge in [0, 0.05) is 0 Å². The number of rotatable bonds is 2. The average molecular weight is 250 g/mol. The van der Waals surface area contributed by atoms with Gasteiger partial charge in [0.15, 0.2) is 5.41 Å². The standard InChI is InChI=1S/C14H12F2O2/c1-13(12(17)18)9-11(7-8-14(13,15)16)10-5-3-2-4-6-10/h2-9H,1H3,(H,17,18). The van der Waals surface area contributed by atoms with Gasteiger partial charge in [0.05, 0.1) is 0 Å². The lowest BCUT2D eigenvalue weighted by molar-refractivity contribution is -0.160. The largest absolute Gasteiger partial charge is 0.480 e. The molecule has 94 valence electrons. The van der Waals surface area contributed by atoms with Crippen LogP contribution in [-0.2, 0) is 4.79 Å². The van der Waals surface area contributed by atoms with Crippen LogP contribution >= 0.6 is 0 Å². The minimum absolute atomic E-state index is 0.492. The van der Waals surface area contributed by atoms with Gasteiger partial charge in [0.2, 0.25) is 0 Å². The molecule has 2 nitrogen and oxygen atoms in total. The Bertz CT molecular complexity index is 532. The summed E-state index contributed by atoms with van der Waals surface area (Å²) in [5.41, 5.74) is -1.00. The third kappa shape index (κ3) is 1.83. The van der Waals surface area contributed by atoms with Gasteiger partial charge in [0.1, 0.15) is 0 Å². The van der Waals surface area contributed by atoms with Crippen LogP contribution in [0.15, 0.2) is 48.6 Å². The van der Waals surface area contributed by atoms with Crippen molar-refractivity contribution in [2.45, 2.75) is 12.8 Å². The molecule has 0 aromatic heterocycles. The molecule has 1 aromatic carbocycles. The second-order valence-electron chi connectivity index (χ2n) is 4.43. The lowest BCUT2D eigenvalue weighted by atomic mass is 9.77. The van der Waals surface area contributed by atoms with Crippen molar-refractivity contribution < 1.29 is 18.7 Å². The molecular formula is C14H12F2O2. The summed E-state index contributed by atoms with van der Waals surface area (Å²) < 4.78 is 27.4. The van der Waals surface area contributed by atoms with Crippen LogP contribution < -0.4 is 0 Å². The summed E-state index contributed by atoms with van der Waals surface area (Å²) >= 11 is 0. The lowest BCUT2D eigenvalue weighted by Crippen LogP contribution is -2.44. The third-order valence-corrected chi connectivity index (χ3v) is 3.16. The maximum absolute atomic E-state index is 13.7. The molecule has 1 atom stereocenters. The summed E-state index contributed by atoms with van der Waals surface area (Å²) in [5.74, 6) is -4.93. The Morgan fingerprint density at radius 3 is 2.39 bits per heavy atom. The molecule has 0 bridgehead atoms. The van der Waals surface area contributed by atoms with Crippen LogP contribution in [0, 0.1) is 5.41 Å². The maximum atomic E-state index is 13.7. The fourth-order valence-corrected chi connectivity index (χ4v) is 1.84. The SMILES string of the molecule is CC1(C(=O)O)C=C(c2ccccc2)C=CC1(F)F. The summed E-state index contributed by atoms with van der Waals surface area (Å²) in [4.78, 5) is 11.1. The second kappa shape index (κ2) is 4.05. The zero-order valence-electron chi connectivity index (χ0n) is 9.73. The molecule has 2 rings (SSSR count). The summed E-state index contributed by atoms with van der Waals surface area (Å²) in [7, 11) is 0. The van der Waals surface area contributed by atoms with Gasteiger partial charge < -0.3 is 5.11 Å². The number of carboxylic acid groups (broad SMARTS) is 1. The van der Waals surface area contributed by atoms with Crippen LogP contribution in [0.1, 0.15) is 12.5 Å². The Balaban J connectivity index is 2.51. The van der Waals surface area contributed by atoms with Gasteiger partial charge in [-0.3, -0.25) is 4.79 Å². The summed E-state index contributed by atoms with van der Waals surface area (Å²) in [6.45, 7) is 1.03. The number of carbonyl (C=O) groups is 1. The van der Waals surface area contributed by atoms with E-state index in [9.17, 15) is 13.6 Å². The number of benzene rings is 1. The van der Waals surface area contributed by atoms with Crippen molar-refractivity contribution in [3.05, 3.63) is 54.1 Å². The molecule has 1 unspecified atom stereocenters. The molecule has 0 aliphatic heterocycles. The molecule has 18 heavy (non-hydrogen) atoms. The average Bonchev–Trinajstić information content (AvgIpc) is 2.33. The van der Waals surface area contributed by atoms with Crippen molar-refractivity contribution in [1.29, 1.82) is 0 Å². The smallest absolute Gasteiger partial charge is 0.319 e. The van der Waals surface area contributed by atoms with Crippen LogP contribution in [0.25, 0.3) is 5.57 Å². The third-order valence-electron chi connectivity index (χ3n) is 3.16. The Labute approximate surface area is 103 Å². The van der Waals surface area contributed by atoms with Crippen LogP contribution in [0.4, 0.5) is 8.78 Å². The Morgan fingerprint density at radius 2 is 1.83 bits per heavy atom. The van der Waals surface area contributed by atoms with E-state index in [0.29, 0.717) is 11.6 Å². The molecule has 1 aromatic rings. The quantitative estimate of drug-likeness (QED) is 0.873. The molecule has 0 heterocycles. The van der Waals surface area contributed by atoms with E-state index >= 15 is 0 Å². The highest BCUT2D eigenvalue weighted by Crippen LogP contribution is 2.44. The molecule has 1 N–H and O–H groups in total. The van der Waals surface area contributed by atoms with Gasteiger partial charge in [-0.15, -0.1) is 0 Å². The monoisotopic (exact) mass is 250 g/mol. The summed E-state index contributed by atoms with van der Waals surface area (Å²) in [6, 6.07) is 8.86. The van der Waals surface area contributed by atoms with Gasteiger partial charge in [-0.25, -0.2) is 8.78 Å². The molecule has 0 saturated heterocycles. The molecule has 0 saturated carbocycles. The van der Waals surface area contributed by atoms with Crippen LogP contribution in [0.3, 0.4) is 0 Å². The fourth-order valence-electron chi connectivity index (χ4n) is 1.84. The van der Waals surface area contributed by atoms with E-state index in [1.54, 1.807) is 24.3 Å². The molecule has 0 amide bonds. The zero-order valence-corrected chi connectivity index (χ0v) is 9.73. The van der Waals surface area contributed by atoms with Crippen LogP contribution in [-0.4, -0.2) is 17.0 Å². The highest BCUT2D eigenvalue weighted by molar-refractivity contribution is 5.86. The number of alkyl halides is 2. The highest BCUT2D eigenvalue weighted by Gasteiger charge is 2.54. The first-order valence-corrected chi connectivity index (χ1v) is 5.45. The summed E-state index contributed by atoms with van der Waals surface area (Å²) in [5, 5.41) is 9.04. The van der Waals surface area contributed by atoms with Crippen LogP contribution in [0.5, 0.6) is 0 Å². The van der Waals surface area contributed by atoms with Crippen molar-refractivity contribution in [2.75, 3.05) is 0 Å². The number of carboxylic acids is 1. The van der Waals surface area contributed by atoms with Crippen LogP contribution in [0.2, 0.25) is 0 Å². The van der Waals surface area contributed by atoms with Crippen molar-refractivity contribution in [3.63, 3.8) is 0 Å². The fraction of sp³-hybridized carbons (Fsp3) is 0.214. The van der Waals surface area contributed by atoms with E-state index in [0.717, 1.165) is 18.6 Å². The van der Waals surface area contributed by atoms with Crippen molar-refractivity contribution >= 4 is 11.5 Å². The van der Waals surface area contributed by atoms with E-state index in [-0.39, 0.29) is 0 Å². The topological polar surface area (TPSA) is 37.3 Å². The molecule has 0 fully saturated rings. The maximum Gasteiger partial charge on any atom is 0.319 e. The predicted octanol–water partition coefficient (Wildman–Crippen LogP) is 3.37. The minimum Gasteiger partial charge on any atom is -0.480 e. The molecular weight excluding hydrogens is 238 g/mol. The predicted molar refractivity (Wildman–Crippen MR) is 64.2 cm³/mol. The van der Waals surface area contributed by atoms with E-state index in [4.69, 9.17) is 5.11 Å². The number of hydrogen-bond acceptors (Lipinski definition) is 1. The van der Waals surface area contributed by atoms with E-state index in [2.05, 4.69) is 0 Å². The number of allylic oxidation sites excluding steroid dienone is 3. The summed E-state index contributed by atoms with van der Waals surface area (Å²) in [6.07, 6.45) is 3.04. The zero-order chi connectivity index (χ0) is 13.4. The Kier molecular flexibility index (Phi) is 2.81. The Morgan fingerprint density at radius 1 is 1.22 bits per heavy atom. The van der Waals surface area contributed by atoms with Gasteiger partial charge in [-0.05, 0) is 24.1 Å². The van der Waals surface area contributed by atoms with E-state index in [1.165, 1.54) is 6.08 Å². The van der Waals surface area contributed by atoms with Crippen molar-refractivity contribution in [1.82, 2.24) is 0 Å². The minimum atomic E-state index is -3.39. The van der Waals surface area contributed by atoms with Crippen molar-refractivity contribution in [2.24, 2.45) is 5.41 Å². The normalized spacial score (nSPS) is 25.6. The first-order chi connectivity index (χ1) is 8.37. The van der Waals surface area contributed by atoms with E-state index < -0.39 is 17.3 Å². The number of aliphatic carboxylic acids is 1. The second-order valence-corrected chi connectivity index (χ2v) is 4.43. The van der Waals surface area contributed by atoms with Gasteiger partial charge in [0.25, 0.3) is 5.92 Å². The molecule has 1 aliphatic carbocycles. The highest BCUT2D eigenvalue weighted by atomic mass is 19.3. The van der Waals surface area contributed by atoms with Gasteiger partial charge in [-0.2, -0.15) is 0 Å². The number of halogens is 2. The number of hydrogen-bond donors (Lipinski definition) is 1. The first kappa shape index (κ1) is 12.5. The molecule has 4 heteroatoms. The van der Waals surface area contributed by atoms with Gasteiger partial charge in [-0.1, -0.05) is 42.5 Å². The van der Waals surface area contributed by atoms with Gasteiger partial charge >= 0.3 is 5.97 Å². The molecule has 0 spiro atoms. The van der Waals surface area contributed by atoms with E-state index in [1.807, 2.05) is 6.07 Å². The Hall–Kier alpha value is -1.97. The lowest BCUT2D eigenvalue weighted by Gasteiger charge is -2.32. The molecule has 1 aliphatic rings.